The zero-order chi connectivity index (χ0) is 8.01. The molecule has 58 valence electrons. The topological polar surface area (TPSA) is 31.0 Å². The lowest BCUT2D eigenvalue weighted by Gasteiger charge is -1.93. The van der Waals surface area contributed by atoms with Gasteiger partial charge in [0.2, 0.25) is 5.71 Å². The highest BCUT2D eigenvalue weighted by Crippen LogP contribution is 2.19. The van der Waals surface area contributed by atoms with Gasteiger partial charge in [0.15, 0.2) is 0 Å². The second kappa shape index (κ2) is 1.87. The van der Waals surface area contributed by atoms with Gasteiger partial charge in [-0.2, -0.15) is 4.98 Å². The third-order valence-corrected chi connectivity index (χ3v) is 2.01. The van der Waals surface area contributed by atoms with E-state index in [1.807, 2.05) is 25.5 Å². The van der Waals surface area contributed by atoms with Gasteiger partial charge in [-0.15, -0.1) is 0 Å². The van der Waals surface area contributed by atoms with Crippen molar-refractivity contribution in [2.24, 2.45) is 7.05 Å². The molecule has 0 aliphatic heterocycles. The summed E-state index contributed by atoms with van der Waals surface area (Å²) >= 11 is 0. The lowest BCUT2D eigenvalue weighted by molar-refractivity contribution is 0.600. The summed E-state index contributed by atoms with van der Waals surface area (Å²) in [6.07, 6.45) is 1.73. The van der Waals surface area contributed by atoms with Crippen LogP contribution in [0.1, 0.15) is 11.4 Å². The summed E-state index contributed by atoms with van der Waals surface area (Å²) in [5.41, 5.74) is 2.98. The van der Waals surface area contributed by atoms with Gasteiger partial charge in [0, 0.05) is 12.6 Å². The van der Waals surface area contributed by atoms with Gasteiger partial charge in [0.05, 0.1) is 6.26 Å². The monoisotopic (exact) mass is 150 g/mol. The summed E-state index contributed by atoms with van der Waals surface area (Å²) in [4.78, 5) is 4.23. The lowest BCUT2D eigenvalue weighted by Crippen LogP contribution is -1.90. The van der Waals surface area contributed by atoms with Gasteiger partial charge in [-0.25, -0.2) is 0 Å². The Bertz CT molecular complexity index is 397. The molecule has 0 aromatic carbocycles. The van der Waals surface area contributed by atoms with Gasteiger partial charge in [-0.05, 0) is 13.8 Å². The van der Waals surface area contributed by atoms with E-state index in [2.05, 4.69) is 4.98 Å². The van der Waals surface area contributed by atoms with Gasteiger partial charge in [0.25, 0.3) is 0 Å². The van der Waals surface area contributed by atoms with E-state index in [1.165, 1.54) is 0 Å². The predicted molar refractivity (Wildman–Crippen MR) is 42.5 cm³/mol. The molecule has 0 fully saturated rings. The van der Waals surface area contributed by atoms with E-state index in [0.717, 1.165) is 22.6 Å². The fourth-order valence-corrected chi connectivity index (χ4v) is 1.30. The molecule has 0 atom stereocenters. The number of aryl methyl sites for hydroxylation is 3. The maximum atomic E-state index is 5.22. The molecule has 0 bridgehead atoms. The molecule has 0 aliphatic carbocycles. The summed E-state index contributed by atoms with van der Waals surface area (Å²) in [5, 5.41) is 0. The van der Waals surface area contributed by atoms with Crippen LogP contribution in [0.3, 0.4) is 0 Å². The maximum absolute atomic E-state index is 5.22. The molecule has 11 heavy (non-hydrogen) atoms. The minimum atomic E-state index is 0.738. The Morgan fingerprint density at radius 3 is 2.82 bits per heavy atom. The van der Waals surface area contributed by atoms with E-state index >= 15 is 0 Å². The van der Waals surface area contributed by atoms with Crippen molar-refractivity contribution in [1.29, 1.82) is 0 Å². The summed E-state index contributed by atoms with van der Waals surface area (Å²) in [5.74, 6) is 0.988. The summed E-state index contributed by atoms with van der Waals surface area (Å²) < 4.78 is 7.25. The second-order valence-electron chi connectivity index (χ2n) is 2.79. The molecule has 0 spiro atoms. The molecule has 0 aliphatic rings. The number of aromatic nitrogens is 2. The molecule has 0 radical (unpaired) electrons. The van der Waals surface area contributed by atoms with Crippen molar-refractivity contribution >= 4 is 11.2 Å². The summed E-state index contributed by atoms with van der Waals surface area (Å²) in [6, 6.07) is 0. The number of furan rings is 1. The van der Waals surface area contributed by atoms with Crippen LogP contribution in [0.25, 0.3) is 11.2 Å². The van der Waals surface area contributed by atoms with Crippen molar-refractivity contribution in [3.05, 3.63) is 17.7 Å². The van der Waals surface area contributed by atoms with Crippen molar-refractivity contribution in [3.63, 3.8) is 0 Å². The van der Waals surface area contributed by atoms with E-state index in [-0.39, 0.29) is 0 Å². The normalized spacial score (nSPS) is 11.2. The molecular weight excluding hydrogens is 140 g/mol. The SMILES string of the molecule is Cc1coc2nc(C)n(C)c12. The zero-order valence-corrected chi connectivity index (χ0v) is 6.88. The van der Waals surface area contributed by atoms with E-state index in [9.17, 15) is 0 Å². The molecule has 0 unspecified atom stereocenters. The Balaban J connectivity index is 2.95. The zero-order valence-electron chi connectivity index (χ0n) is 6.88. The van der Waals surface area contributed by atoms with E-state index in [1.54, 1.807) is 6.26 Å². The minimum Gasteiger partial charge on any atom is -0.445 e. The van der Waals surface area contributed by atoms with Crippen LogP contribution in [0.2, 0.25) is 0 Å². The maximum Gasteiger partial charge on any atom is 0.244 e. The van der Waals surface area contributed by atoms with Gasteiger partial charge >= 0.3 is 0 Å². The molecule has 3 nitrogen and oxygen atoms in total. The molecule has 0 saturated heterocycles. The Morgan fingerprint density at radius 2 is 2.18 bits per heavy atom. The standard InChI is InChI=1S/C8H10N2O/c1-5-4-11-8-7(5)10(3)6(2)9-8/h4H,1-3H3. The van der Waals surface area contributed by atoms with Gasteiger partial charge in [-0.3, -0.25) is 0 Å². The van der Waals surface area contributed by atoms with Crippen molar-refractivity contribution in [3.8, 4) is 0 Å². The average molecular weight is 150 g/mol. The Labute approximate surface area is 64.6 Å². The third-order valence-electron chi connectivity index (χ3n) is 2.01. The van der Waals surface area contributed by atoms with Crippen LogP contribution in [0.15, 0.2) is 10.7 Å². The van der Waals surface area contributed by atoms with Crippen molar-refractivity contribution in [1.82, 2.24) is 9.55 Å². The number of nitrogens with zero attached hydrogens (tertiary/aromatic N) is 2. The van der Waals surface area contributed by atoms with Crippen LogP contribution in [0.5, 0.6) is 0 Å². The highest BCUT2D eigenvalue weighted by atomic mass is 16.3. The average Bonchev–Trinajstić information content (AvgIpc) is 2.41. The van der Waals surface area contributed by atoms with Crippen molar-refractivity contribution in [2.75, 3.05) is 0 Å². The van der Waals surface area contributed by atoms with Crippen LogP contribution in [0, 0.1) is 13.8 Å². The number of fused-ring (bicyclic) bond motifs is 1. The van der Waals surface area contributed by atoms with E-state index in [0.29, 0.717) is 0 Å². The molecular formula is C8H10N2O. The molecule has 2 aromatic heterocycles. The van der Waals surface area contributed by atoms with E-state index in [4.69, 9.17) is 4.42 Å². The fraction of sp³-hybridized carbons (Fsp3) is 0.375. The molecule has 0 saturated carbocycles. The molecule has 2 aromatic rings. The molecule has 0 amide bonds. The third kappa shape index (κ3) is 0.707. The van der Waals surface area contributed by atoms with Crippen LogP contribution < -0.4 is 0 Å². The molecule has 2 heterocycles. The number of hydrogen-bond donors (Lipinski definition) is 0. The predicted octanol–water partition coefficient (Wildman–Crippen LogP) is 1.78. The largest absolute Gasteiger partial charge is 0.445 e. The summed E-state index contributed by atoms with van der Waals surface area (Å²) in [7, 11) is 1.99. The van der Waals surface area contributed by atoms with Crippen LogP contribution in [-0.2, 0) is 7.05 Å². The lowest BCUT2D eigenvalue weighted by atomic mass is 10.3. The fourth-order valence-electron chi connectivity index (χ4n) is 1.30. The van der Waals surface area contributed by atoms with E-state index < -0.39 is 0 Å². The number of hydrogen-bond acceptors (Lipinski definition) is 2. The Hall–Kier alpha value is -1.25. The second-order valence-corrected chi connectivity index (χ2v) is 2.79. The smallest absolute Gasteiger partial charge is 0.244 e. The van der Waals surface area contributed by atoms with Gasteiger partial charge in [-0.1, -0.05) is 0 Å². The van der Waals surface area contributed by atoms with Crippen LogP contribution >= 0.6 is 0 Å². The van der Waals surface area contributed by atoms with Gasteiger partial charge < -0.3 is 8.98 Å². The quantitative estimate of drug-likeness (QED) is 0.573. The highest BCUT2D eigenvalue weighted by molar-refractivity contribution is 5.74. The molecule has 3 heteroatoms. The first-order chi connectivity index (χ1) is 5.20. The highest BCUT2D eigenvalue weighted by Gasteiger charge is 2.09. The van der Waals surface area contributed by atoms with Crippen LogP contribution in [-0.4, -0.2) is 9.55 Å². The van der Waals surface area contributed by atoms with Crippen LogP contribution in [0.4, 0.5) is 0 Å². The Kier molecular flexibility index (Phi) is 1.10. The number of rotatable bonds is 0. The van der Waals surface area contributed by atoms with Gasteiger partial charge in [0.1, 0.15) is 11.3 Å². The molecule has 2 rings (SSSR count). The minimum absolute atomic E-state index is 0.738. The first kappa shape index (κ1) is 6.46. The summed E-state index contributed by atoms with van der Waals surface area (Å²) in [6.45, 7) is 3.99. The first-order valence-electron chi connectivity index (χ1n) is 3.57. The number of imidazole rings is 1. The van der Waals surface area contributed by atoms with Crippen molar-refractivity contribution in [2.45, 2.75) is 13.8 Å². The first-order valence-corrected chi connectivity index (χ1v) is 3.57. The Morgan fingerprint density at radius 1 is 1.45 bits per heavy atom. The molecule has 0 N–H and O–H groups in total. The van der Waals surface area contributed by atoms with Crippen molar-refractivity contribution < 1.29 is 4.42 Å².